The molecule has 1 aromatic rings. The normalized spacial score (nSPS) is 19.5. The summed E-state index contributed by atoms with van der Waals surface area (Å²) in [5, 5.41) is 0. The Morgan fingerprint density at radius 2 is 2.50 bits per heavy atom. The van der Waals surface area contributed by atoms with Crippen LogP contribution in [0.25, 0.3) is 0 Å². The summed E-state index contributed by atoms with van der Waals surface area (Å²) in [6.07, 6.45) is 1.83. The molecule has 5 heteroatoms. The summed E-state index contributed by atoms with van der Waals surface area (Å²) in [6, 6.07) is 0.369. The van der Waals surface area contributed by atoms with Crippen LogP contribution in [0.5, 0.6) is 0 Å². The number of rotatable bonds is 2. The van der Waals surface area contributed by atoms with Crippen LogP contribution in [-0.2, 0) is 6.54 Å². The quantitative estimate of drug-likeness (QED) is 0.778. The highest BCUT2D eigenvalue weighted by Gasteiger charge is 2.23. The second kappa shape index (κ2) is 3.30. The molecule has 0 aliphatic carbocycles. The molecule has 0 saturated carbocycles. The van der Waals surface area contributed by atoms with Gasteiger partial charge in [0.15, 0.2) is 4.47 Å². The molecule has 0 unspecified atom stereocenters. The van der Waals surface area contributed by atoms with Crippen LogP contribution < -0.4 is 5.73 Å². The van der Waals surface area contributed by atoms with Gasteiger partial charge in [0, 0.05) is 36.8 Å². The highest BCUT2D eigenvalue weighted by molar-refractivity contribution is 7.15. The SMILES string of the molecule is NC1CN(Cc2cnc(Cl)s2)C1. The molecule has 3 nitrogen and oxygen atoms in total. The van der Waals surface area contributed by atoms with E-state index >= 15 is 0 Å². The van der Waals surface area contributed by atoms with Gasteiger partial charge in [-0.05, 0) is 0 Å². The zero-order chi connectivity index (χ0) is 8.55. The Labute approximate surface area is 80.1 Å². The third-order valence-corrected chi connectivity index (χ3v) is 2.99. The monoisotopic (exact) mass is 203 g/mol. The van der Waals surface area contributed by atoms with Crippen LogP contribution >= 0.6 is 22.9 Å². The van der Waals surface area contributed by atoms with Gasteiger partial charge in [0.05, 0.1) is 0 Å². The van der Waals surface area contributed by atoms with Crippen LogP contribution in [0.1, 0.15) is 4.88 Å². The van der Waals surface area contributed by atoms with Crippen LogP contribution in [0.15, 0.2) is 6.20 Å². The summed E-state index contributed by atoms with van der Waals surface area (Å²) >= 11 is 7.24. The van der Waals surface area contributed by atoms with Crippen molar-refractivity contribution >= 4 is 22.9 Å². The van der Waals surface area contributed by atoms with Gasteiger partial charge in [0.1, 0.15) is 0 Å². The van der Waals surface area contributed by atoms with E-state index in [1.54, 1.807) is 0 Å². The second-order valence-electron chi connectivity index (χ2n) is 3.03. The summed E-state index contributed by atoms with van der Waals surface area (Å²) in [5.74, 6) is 0. The molecule has 2 heterocycles. The molecule has 2 N–H and O–H groups in total. The van der Waals surface area contributed by atoms with Crippen molar-refractivity contribution in [2.24, 2.45) is 5.73 Å². The van der Waals surface area contributed by atoms with Crippen LogP contribution in [0.2, 0.25) is 4.47 Å². The lowest BCUT2D eigenvalue weighted by molar-refractivity contribution is 0.144. The topological polar surface area (TPSA) is 42.1 Å². The predicted molar refractivity (Wildman–Crippen MR) is 50.4 cm³/mol. The number of halogens is 1. The molecule has 0 spiro atoms. The maximum absolute atomic E-state index is 5.70. The second-order valence-corrected chi connectivity index (χ2v) is 4.73. The van der Waals surface area contributed by atoms with E-state index in [2.05, 4.69) is 9.88 Å². The van der Waals surface area contributed by atoms with E-state index in [0.29, 0.717) is 10.5 Å². The Kier molecular flexibility index (Phi) is 2.32. The average molecular weight is 204 g/mol. The van der Waals surface area contributed by atoms with Gasteiger partial charge in [-0.15, -0.1) is 11.3 Å². The van der Waals surface area contributed by atoms with E-state index in [4.69, 9.17) is 17.3 Å². The van der Waals surface area contributed by atoms with Crippen molar-refractivity contribution < 1.29 is 0 Å². The summed E-state index contributed by atoms with van der Waals surface area (Å²) in [7, 11) is 0. The average Bonchev–Trinajstić information content (AvgIpc) is 2.33. The Morgan fingerprint density at radius 3 is 3.00 bits per heavy atom. The first-order chi connectivity index (χ1) is 5.74. The molecule has 66 valence electrons. The minimum atomic E-state index is 0.369. The smallest absolute Gasteiger partial charge is 0.183 e. The third-order valence-electron chi connectivity index (χ3n) is 1.89. The van der Waals surface area contributed by atoms with Crippen molar-refractivity contribution in [3.8, 4) is 0 Å². The fraction of sp³-hybridized carbons (Fsp3) is 0.571. The first-order valence-corrected chi connectivity index (χ1v) is 5.01. The molecule has 12 heavy (non-hydrogen) atoms. The molecule has 1 saturated heterocycles. The van der Waals surface area contributed by atoms with Crippen LogP contribution in [0, 0.1) is 0 Å². The van der Waals surface area contributed by atoms with Crippen molar-refractivity contribution in [3.63, 3.8) is 0 Å². The van der Waals surface area contributed by atoms with E-state index in [9.17, 15) is 0 Å². The molecule has 1 aliphatic rings. The van der Waals surface area contributed by atoms with Crippen molar-refractivity contribution in [1.29, 1.82) is 0 Å². The molecule has 0 aromatic carbocycles. The first-order valence-electron chi connectivity index (χ1n) is 3.82. The van der Waals surface area contributed by atoms with Crippen molar-refractivity contribution in [1.82, 2.24) is 9.88 Å². The van der Waals surface area contributed by atoms with Crippen LogP contribution in [0.4, 0.5) is 0 Å². The Hall–Kier alpha value is -0.160. The number of nitrogens with two attached hydrogens (primary N) is 1. The summed E-state index contributed by atoms with van der Waals surface area (Å²) in [6.45, 7) is 2.93. The maximum atomic E-state index is 5.70. The molecule has 0 radical (unpaired) electrons. The van der Waals surface area contributed by atoms with Crippen LogP contribution in [-0.4, -0.2) is 29.0 Å². The molecule has 2 rings (SSSR count). The van der Waals surface area contributed by atoms with Crippen LogP contribution in [0.3, 0.4) is 0 Å². The number of aromatic nitrogens is 1. The summed E-state index contributed by atoms with van der Waals surface area (Å²) in [5.41, 5.74) is 5.65. The van der Waals surface area contributed by atoms with Crippen molar-refractivity contribution in [3.05, 3.63) is 15.5 Å². The minimum Gasteiger partial charge on any atom is -0.325 e. The predicted octanol–water partition coefficient (Wildman–Crippen LogP) is 0.939. The Bertz CT molecular complexity index is 269. The minimum absolute atomic E-state index is 0.369. The molecular formula is C7H10ClN3S. The first kappa shape index (κ1) is 8.44. The van der Waals surface area contributed by atoms with E-state index in [0.717, 1.165) is 19.6 Å². The lowest BCUT2D eigenvalue weighted by Crippen LogP contribution is -2.54. The molecule has 1 aromatic heterocycles. The fourth-order valence-corrected chi connectivity index (χ4v) is 2.34. The van der Waals surface area contributed by atoms with Crippen molar-refractivity contribution in [2.45, 2.75) is 12.6 Å². The summed E-state index contributed by atoms with van der Waals surface area (Å²) < 4.78 is 0.620. The van der Waals surface area contributed by atoms with Gasteiger partial charge in [0.25, 0.3) is 0 Å². The van der Waals surface area contributed by atoms with E-state index in [1.165, 1.54) is 16.2 Å². The third kappa shape index (κ3) is 1.77. The number of nitrogens with zero attached hydrogens (tertiary/aromatic N) is 2. The summed E-state index contributed by atoms with van der Waals surface area (Å²) in [4.78, 5) is 7.47. The maximum Gasteiger partial charge on any atom is 0.183 e. The van der Waals surface area contributed by atoms with Crippen molar-refractivity contribution in [2.75, 3.05) is 13.1 Å². The molecular weight excluding hydrogens is 194 g/mol. The molecule has 0 bridgehead atoms. The number of hydrogen-bond acceptors (Lipinski definition) is 4. The number of likely N-dealkylation sites (tertiary alicyclic amines) is 1. The highest BCUT2D eigenvalue weighted by atomic mass is 35.5. The number of thiazole rings is 1. The molecule has 1 aliphatic heterocycles. The molecule has 0 amide bonds. The van der Waals surface area contributed by atoms with Gasteiger partial charge in [-0.25, -0.2) is 4.98 Å². The lowest BCUT2D eigenvalue weighted by Gasteiger charge is -2.36. The zero-order valence-corrected chi connectivity index (χ0v) is 8.11. The fourth-order valence-electron chi connectivity index (χ4n) is 1.32. The number of hydrogen-bond donors (Lipinski definition) is 1. The van der Waals surface area contributed by atoms with E-state index in [-0.39, 0.29) is 0 Å². The highest BCUT2D eigenvalue weighted by Crippen LogP contribution is 2.20. The largest absolute Gasteiger partial charge is 0.325 e. The van der Waals surface area contributed by atoms with Gasteiger partial charge < -0.3 is 5.73 Å². The van der Waals surface area contributed by atoms with E-state index < -0.39 is 0 Å². The Morgan fingerprint density at radius 1 is 1.75 bits per heavy atom. The lowest BCUT2D eigenvalue weighted by atomic mass is 10.1. The van der Waals surface area contributed by atoms with Gasteiger partial charge in [-0.3, -0.25) is 4.90 Å². The van der Waals surface area contributed by atoms with Gasteiger partial charge in [-0.1, -0.05) is 11.6 Å². The Balaban J connectivity index is 1.88. The van der Waals surface area contributed by atoms with Gasteiger partial charge in [0.2, 0.25) is 0 Å². The molecule has 0 atom stereocenters. The van der Waals surface area contributed by atoms with Gasteiger partial charge in [-0.2, -0.15) is 0 Å². The molecule has 1 fully saturated rings. The van der Waals surface area contributed by atoms with E-state index in [1.807, 2.05) is 6.20 Å². The zero-order valence-electron chi connectivity index (χ0n) is 6.53. The standard InChI is InChI=1S/C7H10ClN3S/c8-7-10-1-6(12-7)4-11-2-5(9)3-11/h1,5H,2-4,9H2. The van der Waals surface area contributed by atoms with Gasteiger partial charge >= 0.3 is 0 Å².